The Bertz CT molecular complexity index is 1150. The minimum atomic E-state index is -0.714. The van der Waals surface area contributed by atoms with E-state index in [-0.39, 0.29) is 30.2 Å². The summed E-state index contributed by atoms with van der Waals surface area (Å²) < 4.78 is 0. The number of thioether (sulfide) groups is 1. The first kappa shape index (κ1) is 28.1. The quantitative estimate of drug-likeness (QED) is 0.293. The fourth-order valence-corrected chi connectivity index (χ4v) is 5.30. The highest BCUT2D eigenvalue weighted by Crippen LogP contribution is 2.28. The lowest BCUT2D eigenvalue weighted by Gasteiger charge is -2.32. The van der Waals surface area contributed by atoms with Crippen LogP contribution in [0.3, 0.4) is 0 Å². The van der Waals surface area contributed by atoms with Crippen LogP contribution in [-0.2, 0) is 28.3 Å². The number of carbonyl (C=O) groups excluding carboxylic acids is 2. The largest absolute Gasteiger partial charge is 0.352 e. The lowest BCUT2D eigenvalue weighted by Crippen LogP contribution is -2.52. The maximum Gasteiger partial charge on any atom is 0.243 e. The van der Waals surface area contributed by atoms with Crippen molar-refractivity contribution in [1.29, 1.82) is 0 Å². The molecule has 3 aromatic rings. The van der Waals surface area contributed by atoms with E-state index in [1.165, 1.54) is 17.3 Å². The Morgan fingerprint density at radius 1 is 0.917 bits per heavy atom. The summed E-state index contributed by atoms with van der Waals surface area (Å²) >= 11 is 14.5. The van der Waals surface area contributed by atoms with Crippen molar-refractivity contribution in [3.8, 4) is 0 Å². The summed E-state index contributed by atoms with van der Waals surface area (Å²) in [5, 5.41) is 3.93. The molecule has 0 heterocycles. The Labute approximate surface area is 228 Å². The number of hydrogen-bond donors (Lipinski definition) is 1. The minimum Gasteiger partial charge on any atom is -0.352 e. The van der Waals surface area contributed by atoms with E-state index in [4.69, 9.17) is 23.2 Å². The minimum absolute atomic E-state index is 0.0627. The summed E-state index contributed by atoms with van der Waals surface area (Å²) in [6.45, 7) is 6.01. The van der Waals surface area contributed by atoms with Crippen molar-refractivity contribution >= 4 is 46.8 Å². The Hall–Kier alpha value is -2.47. The molecule has 36 heavy (non-hydrogen) atoms. The molecule has 0 fully saturated rings. The maximum absolute atomic E-state index is 13.7. The normalized spacial score (nSPS) is 11.8. The Morgan fingerprint density at radius 3 is 2.19 bits per heavy atom. The molecule has 0 bridgehead atoms. The van der Waals surface area contributed by atoms with Gasteiger partial charge in [0, 0.05) is 40.4 Å². The van der Waals surface area contributed by atoms with E-state index in [9.17, 15) is 9.59 Å². The van der Waals surface area contributed by atoms with Crippen molar-refractivity contribution < 1.29 is 9.59 Å². The van der Waals surface area contributed by atoms with Gasteiger partial charge in [0.25, 0.3) is 0 Å². The number of benzene rings is 3. The molecular weight excluding hydrogens is 511 g/mol. The zero-order chi connectivity index (χ0) is 26.1. The Kier molecular flexibility index (Phi) is 10.7. The molecule has 0 saturated carbocycles. The van der Waals surface area contributed by atoms with Crippen LogP contribution in [-0.4, -0.2) is 34.6 Å². The molecular formula is C29H32Cl2N2O2S. The Balaban J connectivity index is 1.89. The van der Waals surface area contributed by atoms with E-state index in [2.05, 4.69) is 30.4 Å². The molecule has 7 heteroatoms. The molecule has 0 unspecified atom stereocenters. The monoisotopic (exact) mass is 542 g/mol. The van der Waals surface area contributed by atoms with Gasteiger partial charge in [-0.05, 0) is 44.0 Å². The lowest BCUT2D eigenvalue weighted by molar-refractivity contribution is -0.139. The van der Waals surface area contributed by atoms with Crippen LogP contribution in [0.1, 0.15) is 36.1 Å². The summed E-state index contributed by atoms with van der Waals surface area (Å²) in [7, 11) is 0. The van der Waals surface area contributed by atoms with Crippen molar-refractivity contribution in [2.75, 3.05) is 5.75 Å². The summed E-state index contributed by atoms with van der Waals surface area (Å²) in [6, 6.07) is 22.5. The molecule has 2 amide bonds. The van der Waals surface area contributed by atoms with E-state index >= 15 is 0 Å². The van der Waals surface area contributed by atoms with Gasteiger partial charge < -0.3 is 10.2 Å². The molecule has 0 aliphatic carbocycles. The molecule has 1 atom stereocenters. The molecule has 0 aliphatic heterocycles. The fraction of sp³-hybridized carbons (Fsp3) is 0.310. The smallest absolute Gasteiger partial charge is 0.243 e. The van der Waals surface area contributed by atoms with Gasteiger partial charge in [-0.3, -0.25) is 9.59 Å². The van der Waals surface area contributed by atoms with Crippen LogP contribution in [0.4, 0.5) is 0 Å². The second kappa shape index (κ2) is 13.7. The summed E-state index contributed by atoms with van der Waals surface area (Å²) in [5.41, 5.74) is 3.94. The van der Waals surface area contributed by atoms with Gasteiger partial charge in [0.05, 0.1) is 5.75 Å². The highest BCUT2D eigenvalue weighted by molar-refractivity contribution is 7.99. The first-order valence-corrected chi connectivity index (χ1v) is 13.9. The van der Waals surface area contributed by atoms with E-state index in [1.54, 1.807) is 23.1 Å². The number of carbonyl (C=O) groups is 2. The number of amides is 2. The first-order valence-electron chi connectivity index (χ1n) is 11.9. The van der Waals surface area contributed by atoms with Gasteiger partial charge in [0.15, 0.2) is 0 Å². The SMILES string of the molecule is Cc1cccc(CSCC(=O)N(Cc2c(Cl)cccc2Cl)[C@@H](Cc2ccccc2)C(=O)NC(C)C)c1. The lowest BCUT2D eigenvalue weighted by atomic mass is 10.0. The number of hydrogen-bond acceptors (Lipinski definition) is 3. The van der Waals surface area contributed by atoms with Gasteiger partial charge in [-0.25, -0.2) is 0 Å². The average Bonchev–Trinajstić information content (AvgIpc) is 2.83. The number of aryl methyl sites for hydroxylation is 1. The second-order valence-electron chi connectivity index (χ2n) is 9.07. The predicted octanol–water partition coefficient (Wildman–Crippen LogP) is 6.70. The number of nitrogens with zero attached hydrogens (tertiary/aromatic N) is 1. The number of rotatable bonds is 11. The molecule has 190 valence electrons. The summed E-state index contributed by atoms with van der Waals surface area (Å²) in [4.78, 5) is 28.7. The van der Waals surface area contributed by atoms with Crippen molar-refractivity contribution in [1.82, 2.24) is 10.2 Å². The van der Waals surface area contributed by atoms with E-state index in [1.807, 2.05) is 50.2 Å². The molecule has 0 saturated heterocycles. The zero-order valence-electron chi connectivity index (χ0n) is 20.8. The molecule has 0 spiro atoms. The molecule has 0 radical (unpaired) electrons. The number of halogens is 2. The van der Waals surface area contributed by atoms with Gasteiger partial charge in [0.1, 0.15) is 6.04 Å². The van der Waals surface area contributed by atoms with Gasteiger partial charge in [-0.2, -0.15) is 0 Å². The fourth-order valence-electron chi connectivity index (χ4n) is 3.93. The van der Waals surface area contributed by atoms with Crippen LogP contribution >= 0.6 is 35.0 Å². The maximum atomic E-state index is 13.7. The van der Waals surface area contributed by atoms with Crippen LogP contribution < -0.4 is 5.32 Å². The third-order valence-electron chi connectivity index (χ3n) is 5.67. The van der Waals surface area contributed by atoms with Crippen molar-refractivity contribution in [2.24, 2.45) is 0 Å². The van der Waals surface area contributed by atoms with Crippen LogP contribution in [0.2, 0.25) is 10.0 Å². The van der Waals surface area contributed by atoms with Crippen LogP contribution in [0.25, 0.3) is 0 Å². The van der Waals surface area contributed by atoms with Crippen molar-refractivity contribution in [2.45, 2.75) is 51.6 Å². The van der Waals surface area contributed by atoms with Gasteiger partial charge in [0.2, 0.25) is 11.8 Å². The molecule has 0 aromatic heterocycles. The van der Waals surface area contributed by atoms with Crippen LogP contribution in [0.5, 0.6) is 0 Å². The zero-order valence-corrected chi connectivity index (χ0v) is 23.2. The van der Waals surface area contributed by atoms with Crippen molar-refractivity contribution in [3.05, 3.63) is 105 Å². The highest BCUT2D eigenvalue weighted by atomic mass is 35.5. The van der Waals surface area contributed by atoms with E-state index < -0.39 is 6.04 Å². The first-order chi connectivity index (χ1) is 17.2. The van der Waals surface area contributed by atoms with Crippen LogP contribution in [0, 0.1) is 6.92 Å². The molecule has 3 aromatic carbocycles. The van der Waals surface area contributed by atoms with Gasteiger partial charge in [-0.1, -0.05) is 89.4 Å². The van der Waals surface area contributed by atoms with Gasteiger partial charge >= 0.3 is 0 Å². The van der Waals surface area contributed by atoms with E-state index in [0.29, 0.717) is 27.8 Å². The van der Waals surface area contributed by atoms with Gasteiger partial charge in [-0.15, -0.1) is 11.8 Å². The number of nitrogens with one attached hydrogen (secondary N) is 1. The summed E-state index contributed by atoms with van der Waals surface area (Å²) in [6.07, 6.45) is 0.385. The third kappa shape index (κ3) is 8.29. The molecule has 4 nitrogen and oxygen atoms in total. The van der Waals surface area contributed by atoms with E-state index in [0.717, 1.165) is 11.1 Å². The van der Waals surface area contributed by atoms with Crippen LogP contribution in [0.15, 0.2) is 72.8 Å². The molecule has 0 aliphatic rings. The second-order valence-corrected chi connectivity index (χ2v) is 10.9. The highest BCUT2D eigenvalue weighted by Gasteiger charge is 2.31. The van der Waals surface area contributed by atoms with Crippen molar-refractivity contribution in [3.63, 3.8) is 0 Å². The topological polar surface area (TPSA) is 49.4 Å². The summed E-state index contributed by atoms with van der Waals surface area (Å²) in [5.74, 6) is 0.601. The molecule has 3 rings (SSSR count). The third-order valence-corrected chi connectivity index (χ3v) is 7.37. The molecule has 1 N–H and O–H groups in total. The Morgan fingerprint density at radius 2 is 1.56 bits per heavy atom. The average molecular weight is 544 g/mol. The standard InChI is InChI=1S/C29H32Cl2N2O2S/c1-20(2)32-29(35)27(16-22-10-5-4-6-11-22)33(17-24-25(30)13-8-14-26(24)31)28(34)19-36-18-23-12-7-9-21(3)15-23/h4-15,20,27H,16-19H2,1-3H3,(H,32,35)/t27-/m0/s1. The predicted molar refractivity (Wildman–Crippen MR) is 152 cm³/mol.